The van der Waals surface area contributed by atoms with Gasteiger partial charge >= 0.3 is 0 Å². The van der Waals surface area contributed by atoms with Gasteiger partial charge < -0.3 is 13.9 Å². The molecule has 12 rings (SSSR count). The molecule has 1 aliphatic rings. The molecule has 0 radical (unpaired) electrons. The predicted octanol–water partition coefficient (Wildman–Crippen LogP) is 14.1. The molecular formula is C50H30N2O. The van der Waals surface area contributed by atoms with E-state index in [2.05, 4.69) is 185 Å². The van der Waals surface area contributed by atoms with Gasteiger partial charge in [0.1, 0.15) is 5.58 Å². The van der Waals surface area contributed by atoms with E-state index in [-0.39, 0.29) is 0 Å². The third-order valence-electron chi connectivity index (χ3n) is 11.3. The highest BCUT2D eigenvalue weighted by molar-refractivity contribution is 6.24. The lowest BCUT2D eigenvalue weighted by molar-refractivity contribution is 0.669. The summed E-state index contributed by atoms with van der Waals surface area (Å²) in [6, 6.07) is 66.0. The lowest BCUT2D eigenvalue weighted by Gasteiger charge is -2.26. The molecule has 0 aliphatic heterocycles. The summed E-state index contributed by atoms with van der Waals surface area (Å²) < 4.78 is 9.12. The Hall–Kier alpha value is -7.10. The minimum absolute atomic E-state index is 0.870. The predicted molar refractivity (Wildman–Crippen MR) is 222 cm³/mol. The van der Waals surface area contributed by atoms with Gasteiger partial charge in [0.25, 0.3) is 0 Å². The summed E-state index contributed by atoms with van der Waals surface area (Å²) in [6.07, 6.45) is 0. The lowest BCUT2D eigenvalue weighted by Crippen LogP contribution is -2.10. The molecule has 0 saturated heterocycles. The molecular weight excluding hydrogens is 645 g/mol. The first-order chi connectivity index (χ1) is 26.3. The van der Waals surface area contributed by atoms with Gasteiger partial charge in [0, 0.05) is 38.6 Å². The van der Waals surface area contributed by atoms with Crippen LogP contribution in [0.25, 0.3) is 93.2 Å². The summed E-state index contributed by atoms with van der Waals surface area (Å²) >= 11 is 0. The van der Waals surface area contributed by atoms with Crippen LogP contribution in [0, 0.1) is 0 Å². The van der Waals surface area contributed by atoms with E-state index in [0.717, 1.165) is 50.2 Å². The van der Waals surface area contributed by atoms with Crippen LogP contribution in [0.1, 0.15) is 0 Å². The second-order valence-corrected chi connectivity index (χ2v) is 14.1. The van der Waals surface area contributed by atoms with E-state index in [1.807, 2.05) is 6.07 Å². The monoisotopic (exact) mass is 674 g/mol. The van der Waals surface area contributed by atoms with Gasteiger partial charge in [0.15, 0.2) is 5.58 Å². The summed E-state index contributed by atoms with van der Waals surface area (Å²) in [6.45, 7) is 0. The number of hydrogen-bond donors (Lipinski definition) is 0. The number of anilines is 3. The lowest BCUT2D eigenvalue weighted by atomic mass is 9.96. The van der Waals surface area contributed by atoms with Gasteiger partial charge in [-0.1, -0.05) is 121 Å². The van der Waals surface area contributed by atoms with Crippen molar-refractivity contribution in [3.05, 3.63) is 182 Å². The average Bonchev–Trinajstić information content (AvgIpc) is 3.87. The molecule has 53 heavy (non-hydrogen) atoms. The molecule has 246 valence electrons. The Morgan fingerprint density at radius 3 is 2.04 bits per heavy atom. The number of nitrogens with zero attached hydrogens (tertiary/aromatic N) is 2. The van der Waals surface area contributed by atoms with Crippen molar-refractivity contribution in [2.45, 2.75) is 0 Å². The van der Waals surface area contributed by atoms with Crippen LogP contribution in [0.3, 0.4) is 0 Å². The van der Waals surface area contributed by atoms with E-state index in [0.29, 0.717) is 0 Å². The van der Waals surface area contributed by atoms with Crippen molar-refractivity contribution >= 4 is 82.4 Å². The molecule has 3 nitrogen and oxygen atoms in total. The summed E-state index contributed by atoms with van der Waals surface area (Å²) in [5, 5.41) is 9.85. The molecule has 2 aromatic heterocycles. The highest BCUT2D eigenvalue weighted by Gasteiger charge is 2.27. The standard InChI is InChI=1S/C50H30N2O/c1-2-14-33(15-3-1)52-44-21-8-6-17-37(44)38-26-24-35(30-46(38)52)51(45-22-11-20-42-39-18-7-9-23-47(39)53-50(42)45)34-25-27-41-43(29-34)40-19-10-13-32-28-31-12-4-5-16-36(31)49(41)48(32)40/h1-30H. The number of hydrogen-bond acceptors (Lipinski definition) is 2. The molecule has 1 aliphatic carbocycles. The molecule has 0 unspecified atom stereocenters. The Kier molecular flexibility index (Phi) is 5.77. The van der Waals surface area contributed by atoms with Crippen molar-refractivity contribution in [1.29, 1.82) is 0 Å². The first-order valence-corrected chi connectivity index (χ1v) is 18.2. The summed E-state index contributed by atoms with van der Waals surface area (Å²) in [4.78, 5) is 2.39. The smallest absolute Gasteiger partial charge is 0.159 e. The fraction of sp³-hybridized carbons (Fsp3) is 0. The van der Waals surface area contributed by atoms with E-state index in [1.54, 1.807) is 0 Å². The highest BCUT2D eigenvalue weighted by Crippen LogP contribution is 2.53. The van der Waals surface area contributed by atoms with Crippen molar-refractivity contribution in [2.24, 2.45) is 0 Å². The van der Waals surface area contributed by atoms with Crippen LogP contribution in [0.5, 0.6) is 0 Å². The van der Waals surface area contributed by atoms with E-state index in [9.17, 15) is 0 Å². The van der Waals surface area contributed by atoms with E-state index in [4.69, 9.17) is 4.42 Å². The Morgan fingerprint density at radius 1 is 0.415 bits per heavy atom. The summed E-state index contributed by atoms with van der Waals surface area (Å²) in [5.41, 5.74) is 13.5. The van der Waals surface area contributed by atoms with Crippen molar-refractivity contribution in [3.8, 4) is 27.9 Å². The second kappa shape index (κ2) is 10.7. The molecule has 0 N–H and O–H groups in total. The first kappa shape index (κ1) is 28.6. The number of para-hydroxylation sites is 4. The molecule has 3 heteroatoms. The first-order valence-electron chi connectivity index (χ1n) is 18.2. The van der Waals surface area contributed by atoms with Gasteiger partial charge in [-0.15, -0.1) is 0 Å². The maximum atomic E-state index is 6.73. The molecule has 9 aromatic carbocycles. The molecule has 0 amide bonds. The van der Waals surface area contributed by atoms with Gasteiger partial charge in [0.2, 0.25) is 0 Å². The van der Waals surface area contributed by atoms with E-state index < -0.39 is 0 Å². The number of benzene rings is 9. The van der Waals surface area contributed by atoms with Gasteiger partial charge in [0.05, 0.1) is 16.7 Å². The zero-order valence-corrected chi connectivity index (χ0v) is 28.6. The van der Waals surface area contributed by atoms with Crippen LogP contribution in [-0.4, -0.2) is 4.57 Å². The zero-order valence-electron chi connectivity index (χ0n) is 28.6. The van der Waals surface area contributed by atoms with Gasteiger partial charge in [-0.3, -0.25) is 0 Å². The molecule has 0 bridgehead atoms. The van der Waals surface area contributed by atoms with Crippen LogP contribution in [0.15, 0.2) is 186 Å². The number of fused-ring (bicyclic) bond motifs is 11. The maximum Gasteiger partial charge on any atom is 0.159 e. The summed E-state index contributed by atoms with van der Waals surface area (Å²) in [5.74, 6) is 0. The number of rotatable bonds is 4. The molecule has 0 atom stereocenters. The van der Waals surface area contributed by atoms with Crippen LogP contribution < -0.4 is 4.90 Å². The minimum atomic E-state index is 0.870. The maximum absolute atomic E-state index is 6.73. The van der Waals surface area contributed by atoms with Crippen LogP contribution >= 0.6 is 0 Å². The molecule has 0 spiro atoms. The third kappa shape index (κ3) is 3.99. The molecule has 0 fully saturated rings. The van der Waals surface area contributed by atoms with Crippen molar-refractivity contribution in [3.63, 3.8) is 0 Å². The topological polar surface area (TPSA) is 21.3 Å². The summed E-state index contributed by atoms with van der Waals surface area (Å²) in [7, 11) is 0. The average molecular weight is 675 g/mol. The Bertz CT molecular complexity index is 3290. The Morgan fingerprint density at radius 2 is 1.11 bits per heavy atom. The van der Waals surface area contributed by atoms with Gasteiger partial charge in [-0.25, -0.2) is 0 Å². The third-order valence-corrected chi connectivity index (χ3v) is 11.3. The largest absolute Gasteiger partial charge is 0.454 e. The van der Waals surface area contributed by atoms with Crippen molar-refractivity contribution in [2.75, 3.05) is 4.90 Å². The van der Waals surface area contributed by atoms with Crippen LogP contribution in [0.4, 0.5) is 17.1 Å². The van der Waals surface area contributed by atoms with E-state index >= 15 is 0 Å². The van der Waals surface area contributed by atoms with Crippen LogP contribution in [0.2, 0.25) is 0 Å². The quantitative estimate of drug-likeness (QED) is 0.173. The Balaban J connectivity index is 1.15. The highest BCUT2D eigenvalue weighted by atomic mass is 16.3. The fourth-order valence-electron chi connectivity index (χ4n) is 9.03. The SMILES string of the molecule is c1ccc(-n2c3ccccc3c3ccc(N(c4ccc5c(c4)-c4cccc6cc7ccccc7c-5c46)c4cccc5c4oc4ccccc45)cc32)cc1. The number of furan rings is 1. The van der Waals surface area contributed by atoms with Crippen molar-refractivity contribution in [1.82, 2.24) is 4.57 Å². The number of aromatic nitrogens is 1. The van der Waals surface area contributed by atoms with Gasteiger partial charge in [-0.05, 0) is 104 Å². The second-order valence-electron chi connectivity index (χ2n) is 14.1. The van der Waals surface area contributed by atoms with Gasteiger partial charge in [-0.2, -0.15) is 0 Å². The molecule has 11 aromatic rings. The Labute approximate surface area is 305 Å². The van der Waals surface area contributed by atoms with Crippen LogP contribution in [-0.2, 0) is 0 Å². The zero-order chi connectivity index (χ0) is 34.6. The van der Waals surface area contributed by atoms with E-state index in [1.165, 1.54) is 60.1 Å². The molecule has 0 saturated carbocycles. The normalized spacial score (nSPS) is 12.2. The van der Waals surface area contributed by atoms with Crippen molar-refractivity contribution < 1.29 is 4.42 Å². The minimum Gasteiger partial charge on any atom is -0.454 e. The molecule has 2 heterocycles. The fourth-order valence-corrected chi connectivity index (χ4v) is 9.03.